The van der Waals surface area contributed by atoms with E-state index in [-0.39, 0.29) is 0 Å². The molecule has 1 heterocycles. The molecule has 0 bridgehead atoms. The number of hydrogen-bond acceptors (Lipinski definition) is 4. The molecule has 1 fully saturated rings. The summed E-state index contributed by atoms with van der Waals surface area (Å²) < 4.78 is 5.43. The second kappa shape index (κ2) is 5.54. The van der Waals surface area contributed by atoms with Gasteiger partial charge in [0.15, 0.2) is 0 Å². The van der Waals surface area contributed by atoms with Crippen LogP contribution in [0.5, 0.6) is 0 Å². The second-order valence-electron chi connectivity index (χ2n) is 3.84. The summed E-state index contributed by atoms with van der Waals surface area (Å²) in [4.78, 5) is 0. The van der Waals surface area contributed by atoms with Gasteiger partial charge in [0.1, 0.15) is 0 Å². The lowest BCUT2D eigenvalue weighted by Gasteiger charge is -2.32. The van der Waals surface area contributed by atoms with E-state index < -0.39 is 0 Å². The fourth-order valence-electron chi connectivity index (χ4n) is 1.77. The van der Waals surface area contributed by atoms with Crippen molar-refractivity contribution in [2.24, 2.45) is 11.7 Å². The molecule has 0 radical (unpaired) electrons. The zero-order chi connectivity index (χ0) is 9.68. The van der Waals surface area contributed by atoms with Crippen LogP contribution in [0.2, 0.25) is 0 Å². The topological polar surface area (TPSA) is 50.5 Å². The lowest BCUT2D eigenvalue weighted by atomic mass is 9.94. The van der Waals surface area contributed by atoms with Crippen LogP contribution in [0.15, 0.2) is 0 Å². The van der Waals surface area contributed by atoms with E-state index >= 15 is 0 Å². The van der Waals surface area contributed by atoms with E-state index in [0.29, 0.717) is 18.5 Å². The Kier molecular flexibility index (Phi) is 4.66. The fraction of sp³-hybridized carbons (Fsp3) is 1.00. The molecule has 0 amide bonds. The minimum atomic E-state index is 0.357. The van der Waals surface area contributed by atoms with Crippen molar-refractivity contribution in [3.8, 4) is 0 Å². The molecule has 4 nitrogen and oxygen atoms in total. The van der Waals surface area contributed by atoms with Gasteiger partial charge < -0.3 is 10.5 Å². The Hall–Kier alpha value is -0.160. The molecule has 1 aliphatic rings. The van der Waals surface area contributed by atoms with Gasteiger partial charge in [-0.25, -0.2) is 0 Å². The van der Waals surface area contributed by atoms with Crippen molar-refractivity contribution in [3.63, 3.8) is 0 Å². The highest BCUT2D eigenvalue weighted by Gasteiger charge is 2.23. The quantitative estimate of drug-likeness (QED) is 0.599. The van der Waals surface area contributed by atoms with Crippen molar-refractivity contribution in [1.29, 1.82) is 0 Å². The highest BCUT2D eigenvalue weighted by Crippen LogP contribution is 2.16. The Morgan fingerprint density at radius 3 is 2.85 bits per heavy atom. The monoisotopic (exact) mass is 187 g/mol. The van der Waals surface area contributed by atoms with Crippen LogP contribution in [0.3, 0.4) is 0 Å². The first-order valence-corrected chi connectivity index (χ1v) is 4.95. The first-order chi connectivity index (χ1) is 6.24. The van der Waals surface area contributed by atoms with Crippen molar-refractivity contribution in [2.75, 3.05) is 33.9 Å². The Balaban J connectivity index is 2.34. The lowest BCUT2D eigenvalue weighted by molar-refractivity contribution is 0.0290. The van der Waals surface area contributed by atoms with E-state index in [9.17, 15) is 0 Å². The maximum atomic E-state index is 5.71. The van der Waals surface area contributed by atoms with Crippen LogP contribution in [0.25, 0.3) is 0 Å². The largest absolute Gasteiger partial charge is 0.381 e. The van der Waals surface area contributed by atoms with Gasteiger partial charge in [0, 0.05) is 39.2 Å². The highest BCUT2D eigenvalue weighted by atomic mass is 16.5. The summed E-state index contributed by atoms with van der Waals surface area (Å²) in [7, 11) is 3.98. The van der Waals surface area contributed by atoms with E-state index in [1.54, 1.807) is 0 Å². The number of nitrogens with one attached hydrogen (secondary N) is 1. The van der Waals surface area contributed by atoms with Gasteiger partial charge in [-0.3, -0.25) is 10.4 Å². The summed E-state index contributed by atoms with van der Waals surface area (Å²) in [6.07, 6.45) is 2.39. The van der Waals surface area contributed by atoms with Crippen LogP contribution >= 0.6 is 0 Å². The first-order valence-electron chi connectivity index (χ1n) is 4.95. The van der Waals surface area contributed by atoms with Gasteiger partial charge in [-0.1, -0.05) is 0 Å². The van der Waals surface area contributed by atoms with Gasteiger partial charge in [-0.2, -0.15) is 0 Å². The summed E-state index contributed by atoms with van der Waals surface area (Å²) >= 11 is 0. The van der Waals surface area contributed by atoms with Crippen molar-refractivity contribution >= 4 is 0 Å². The molecule has 0 aromatic carbocycles. The molecule has 13 heavy (non-hydrogen) atoms. The van der Waals surface area contributed by atoms with E-state index in [1.807, 2.05) is 19.1 Å². The molecule has 2 unspecified atom stereocenters. The predicted octanol–water partition coefficient (Wildman–Crippen LogP) is -0.193. The number of nitrogens with zero attached hydrogens (tertiary/aromatic N) is 1. The van der Waals surface area contributed by atoms with Crippen molar-refractivity contribution in [1.82, 2.24) is 10.4 Å². The van der Waals surface area contributed by atoms with Gasteiger partial charge in [0.05, 0.1) is 6.61 Å². The predicted molar refractivity (Wildman–Crippen MR) is 53.2 cm³/mol. The van der Waals surface area contributed by atoms with E-state index in [0.717, 1.165) is 19.6 Å². The van der Waals surface area contributed by atoms with E-state index in [1.165, 1.54) is 6.42 Å². The Morgan fingerprint density at radius 1 is 1.62 bits per heavy atom. The molecular weight excluding hydrogens is 166 g/mol. The van der Waals surface area contributed by atoms with Gasteiger partial charge in [0.2, 0.25) is 0 Å². The van der Waals surface area contributed by atoms with Crippen LogP contribution in [-0.2, 0) is 4.74 Å². The van der Waals surface area contributed by atoms with Crippen LogP contribution < -0.4 is 11.2 Å². The third-order valence-electron chi connectivity index (χ3n) is 2.44. The average Bonchev–Trinajstić information content (AvgIpc) is 2.15. The maximum Gasteiger partial charge on any atom is 0.0510 e. The minimum Gasteiger partial charge on any atom is -0.381 e. The Bertz CT molecular complexity index is 135. The molecule has 0 aromatic rings. The fourth-order valence-corrected chi connectivity index (χ4v) is 1.77. The molecule has 78 valence electrons. The van der Waals surface area contributed by atoms with Crippen molar-refractivity contribution in [3.05, 3.63) is 0 Å². The molecule has 0 spiro atoms. The Morgan fingerprint density at radius 2 is 2.38 bits per heavy atom. The lowest BCUT2D eigenvalue weighted by Crippen LogP contribution is -2.50. The normalized spacial score (nSPS) is 26.3. The molecule has 0 aliphatic carbocycles. The standard InChI is InChI=1S/C9H21N3O/c1-12(2)11-9(6-10)8-4-3-5-13-7-8/h8-9,11H,3-7,10H2,1-2H3. The van der Waals surface area contributed by atoms with Gasteiger partial charge >= 0.3 is 0 Å². The second-order valence-corrected chi connectivity index (χ2v) is 3.84. The van der Waals surface area contributed by atoms with Crippen LogP contribution in [0, 0.1) is 5.92 Å². The molecule has 3 N–H and O–H groups in total. The first kappa shape index (κ1) is 10.9. The number of ether oxygens (including phenoxy) is 1. The molecule has 2 atom stereocenters. The molecule has 1 aliphatic heterocycles. The molecule has 4 heteroatoms. The van der Waals surface area contributed by atoms with Crippen molar-refractivity contribution in [2.45, 2.75) is 18.9 Å². The summed E-state index contributed by atoms with van der Waals surface area (Å²) in [6.45, 7) is 2.44. The SMILES string of the molecule is CN(C)NC(CN)C1CCCOC1. The van der Waals surface area contributed by atoms with Gasteiger partial charge in [0.25, 0.3) is 0 Å². The van der Waals surface area contributed by atoms with E-state index in [2.05, 4.69) is 5.43 Å². The van der Waals surface area contributed by atoms with E-state index in [4.69, 9.17) is 10.5 Å². The number of hydrazine groups is 1. The molecule has 1 rings (SSSR count). The van der Waals surface area contributed by atoms with Crippen LogP contribution in [0.1, 0.15) is 12.8 Å². The maximum absolute atomic E-state index is 5.71. The zero-order valence-corrected chi connectivity index (χ0v) is 8.62. The highest BCUT2D eigenvalue weighted by molar-refractivity contribution is 4.77. The third-order valence-corrected chi connectivity index (χ3v) is 2.44. The smallest absolute Gasteiger partial charge is 0.0510 e. The Labute approximate surface area is 80.4 Å². The molecule has 1 saturated heterocycles. The number of nitrogens with two attached hydrogens (primary N) is 1. The zero-order valence-electron chi connectivity index (χ0n) is 8.62. The summed E-state index contributed by atoms with van der Waals surface area (Å²) in [5, 5.41) is 1.96. The van der Waals surface area contributed by atoms with Gasteiger partial charge in [-0.05, 0) is 12.8 Å². The van der Waals surface area contributed by atoms with Crippen LogP contribution in [0.4, 0.5) is 0 Å². The molecule has 0 saturated carbocycles. The average molecular weight is 187 g/mol. The van der Waals surface area contributed by atoms with Gasteiger partial charge in [-0.15, -0.1) is 0 Å². The summed E-state index contributed by atoms with van der Waals surface area (Å²) in [5.41, 5.74) is 9.03. The van der Waals surface area contributed by atoms with Crippen LogP contribution in [-0.4, -0.2) is 44.9 Å². The number of rotatable bonds is 4. The van der Waals surface area contributed by atoms with Crippen molar-refractivity contribution < 1.29 is 4.74 Å². The summed E-state index contributed by atoms with van der Waals surface area (Å²) in [5.74, 6) is 0.571. The number of hydrogen-bond donors (Lipinski definition) is 2. The molecule has 0 aromatic heterocycles. The molecular formula is C9H21N3O. The summed E-state index contributed by atoms with van der Waals surface area (Å²) in [6, 6.07) is 0.357. The minimum absolute atomic E-state index is 0.357. The third kappa shape index (κ3) is 3.60.